The van der Waals surface area contributed by atoms with E-state index in [0.29, 0.717) is 5.92 Å². The molecule has 1 saturated carbocycles. The molecule has 1 rings (SSSR count). The van der Waals surface area contributed by atoms with Gasteiger partial charge in [0.2, 0.25) is 0 Å². The lowest BCUT2D eigenvalue weighted by atomic mass is 10.1. The van der Waals surface area contributed by atoms with Crippen LogP contribution in [0.2, 0.25) is 0 Å². The molecular weight excluding hydrogens is 176 g/mol. The van der Waals surface area contributed by atoms with Crippen LogP contribution < -0.4 is 0 Å². The first-order valence-corrected chi connectivity index (χ1v) is 6.00. The van der Waals surface area contributed by atoms with E-state index in [2.05, 4.69) is 4.18 Å². The Labute approximate surface area is 74.2 Å². The smallest absolute Gasteiger partial charge is 0.267 e. The maximum atomic E-state index is 10.9. The van der Waals surface area contributed by atoms with Crippen LogP contribution in [-0.4, -0.2) is 21.3 Å². The van der Waals surface area contributed by atoms with Crippen molar-refractivity contribution in [2.45, 2.75) is 32.1 Å². The molecule has 0 amide bonds. The zero-order valence-electron chi connectivity index (χ0n) is 7.45. The van der Waals surface area contributed by atoms with E-state index in [0.717, 1.165) is 6.42 Å². The first-order valence-electron chi connectivity index (χ1n) is 4.42. The maximum absolute atomic E-state index is 10.9. The van der Waals surface area contributed by atoms with Crippen LogP contribution in [0.5, 0.6) is 0 Å². The van der Waals surface area contributed by atoms with E-state index in [-0.39, 0.29) is 5.75 Å². The summed E-state index contributed by atoms with van der Waals surface area (Å²) in [6.07, 6.45) is 5.68. The van der Waals surface area contributed by atoms with Crippen LogP contribution in [0.25, 0.3) is 0 Å². The van der Waals surface area contributed by atoms with Crippen LogP contribution in [0.1, 0.15) is 32.1 Å². The van der Waals surface area contributed by atoms with Gasteiger partial charge in [-0.25, -0.2) is 0 Å². The molecule has 0 N–H and O–H groups in total. The van der Waals surface area contributed by atoms with Gasteiger partial charge in [-0.05, 0) is 12.3 Å². The van der Waals surface area contributed by atoms with Gasteiger partial charge in [-0.15, -0.1) is 0 Å². The minimum atomic E-state index is -3.21. The molecule has 0 heterocycles. The van der Waals surface area contributed by atoms with Crippen molar-refractivity contribution in [2.75, 3.05) is 12.9 Å². The lowest BCUT2D eigenvalue weighted by Gasteiger charge is -2.07. The minimum absolute atomic E-state index is 0.189. The monoisotopic (exact) mass is 192 g/mol. The molecule has 0 atom stereocenters. The van der Waals surface area contributed by atoms with Gasteiger partial charge >= 0.3 is 0 Å². The fraction of sp³-hybridized carbons (Fsp3) is 1.00. The Kier molecular flexibility index (Phi) is 3.53. The summed E-state index contributed by atoms with van der Waals surface area (Å²) < 4.78 is 26.2. The van der Waals surface area contributed by atoms with E-state index < -0.39 is 10.1 Å². The maximum Gasteiger partial charge on any atom is 0.267 e. The SMILES string of the molecule is COS(=O)(=O)CCC1CCCC1. The fourth-order valence-corrected chi connectivity index (χ4v) is 2.48. The average Bonchev–Trinajstić information content (AvgIpc) is 2.53. The average molecular weight is 192 g/mol. The van der Waals surface area contributed by atoms with Crippen LogP contribution in [0, 0.1) is 5.92 Å². The van der Waals surface area contributed by atoms with Gasteiger partial charge < -0.3 is 0 Å². The zero-order chi connectivity index (χ0) is 9.03. The van der Waals surface area contributed by atoms with E-state index in [9.17, 15) is 8.42 Å². The van der Waals surface area contributed by atoms with Crippen LogP contribution in [0.3, 0.4) is 0 Å². The van der Waals surface area contributed by atoms with Crippen molar-refractivity contribution in [3.8, 4) is 0 Å². The van der Waals surface area contributed by atoms with Crippen molar-refractivity contribution in [1.82, 2.24) is 0 Å². The highest BCUT2D eigenvalue weighted by atomic mass is 32.2. The Bertz CT molecular complexity index is 214. The second kappa shape index (κ2) is 4.23. The quantitative estimate of drug-likeness (QED) is 0.635. The molecule has 0 unspecified atom stereocenters. The van der Waals surface area contributed by atoms with Gasteiger partial charge in [-0.1, -0.05) is 25.7 Å². The van der Waals surface area contributed by atoms with E-state index in [1.54, 1.807) is 0 Å². The molecule has 72 valence electrons. The molecule has 3 nitrogen and oxygen atoms in total. The summed E-state index contributed by atoms with van der Waals surface area (Å²) >= 11 is 0. The highest BCUT2D eigenvalue weighted by molar-refractivity contribution is 7.86. The Morgan fingerprint density at radius 3 is 2.42 bits per heavy atom. The van der Waals surface area contributed by atoms with Gasteiger partial charge in [-0.2, -0.15) is 8.42 Å². The summed E-state index contributed by atoms with van der Waals surface area (Å²) in [6.45, 7) is 0. The van der Waals surface area contributed by atoms with E-state index >= 15 is 0 Å². The molecule has 0 spiro atoms. The van der Waals surface area contributed by atoms with Crippen molar-refractivity contribution in [3.63, 3.8) is 0 Å². The van der Waals surface area contributed by atoms with Crippen LogP contribution >= 0.6 is 0 Å². The third-order valence-electron chi connectivity index (χ3n) is 2.50. The number of hydrogen-bond donors (Lipinski definition) is 0. The first-order chi connectivity index (χ1) is 5.64. The van der Waals surface area contributed by atoms with Crippen LogP contribution in [0.4, 0.5) is 0 Å². The highest BCUT2D eigenvalue weighted by Crippen LogP contribution is 2.27. The van der Waals surface area contributed by atoms with Gasteiger partial charge in [0.05, 0.1) is 12.9 Å². The summed E-state index contributed by atoms with van der Waals surface area (Å²) in [5.41, 5.74) is 0. The predicted octanol–water partition coefficient (Wildman–Crippen LogP) is 1.54. The third kappa shape index (κ3) is 3.11. The lowest BCUT2D eigenvalue weighted by molar-refractivity contribution is 0.391. The molecule has 1 aliphatic carbocycles. The standard InChI is InChI=1S/C8H16O3S/c1-11-12(9,10)7-6-8-4-2-3-5-8/h8H,2-7H2,1H3. The minimum Gasteiger partial charge on any atom is -0.273 e. The predicted molar refractivity (Wildman–Crippen MR) is 47.4 cm³/mol. The Hall–Kier alpha value is -0.0900. The Balaban J connectivity index is 2.25. The van der Waals surface area contributed by atoms with E-state index in [1.807, 2.05) is 0 Å². The molecule has 12 heavy (non-hydrogen) atoms. The lowest BCUT2D eigenvalue weighted by Crippen LogP contribution is -2.10. The molecule has 0 saturated heterocycles. The third-order valence-corrected chi connectivity index (χ3v) is 3.75. The molecular formula is C8H16O3S. The second-order valence-corrected chi connectivity index (χ2v) is 5.22. The van der Waals surface area contributed by atoms with Crippen LogP contribution in [0.15, 0.2) is 0 Å². The van der Waals surface area contributed by atoms with Gasteiger partial charge in [0.25, 0.3) is 10.1 Å². The molecule has 0 aromatic heterocycles. The normalized spacial score (nSPS) is 20.1. The topological polar surface area (TPSA) is 43.4 Å². The summed E-state index contributed by atoms with van der Waals surface area (Å²) in [5, 5.41) is 0. The summed E-state index contributed by atoms with van der Waals surface area (Å²) in [6, 6.07) is 0. The second-order valence-electron chi connectivity index (χ2n) is 3.37. The summed E-state index contributed by atoms with van der Waals surface area (Å²) in [4.78, 5) is 0. The fourth-order valence-electron chi connectivity index (χ4n) is 1.69. The summed E-state index contributed by atoms with van der Waals surface area (Å²) in [5.74, 6) is 0.809. The van der Waals surface area contributed by atoms with Gasteiger partial charge in [0.1, 0.15) is 0 Å². The van der Waals surface area contributed by atoms with Crippen molar-refractivity contribution in [3.05, 3.63) is 0 Å². The van der Waals surface area contributed by atoms with E-state index in [4.69, 9.17) is 0 Å². The zero-order valence-corrected chi connectivity index (χ0v) is 8.27. The van der Waals surface area contributed by atoms with Crippen LogP contribution in [-0.2, 0) is 14.3 Å². The first kappa shape index (κ1) is 9.99. The largest absolute Gasteiger partial charge is 0.273 e. The molecule has 1 aliphatic rings. The molecule has 4 heteroatoms. The van der Waals surface area contributed by atoms with Crippen molar-refractivity contribution in [2.24, 2.45) is 5.92 Å². The molecule has 1 fully saturated rings. The van der Waals surface area contributed by atoms with Crippen molar-refractivity contribution >= 4 is 10.1 Å². The van der Waals surface area contributed by atoms with Gasteiger partial charge in [-0.3, -0.25) is 4.18 Å². The van der Waals surface area contributed by atoms with E-state index in [1.165, 1.54) is 32.8 Å². The number of rotatable bonds is 4. The Morgan fingerprint density at radius 2 is 1.92 bits per heavy atom. The number of hydrogen-bond acceptors (Lipinski definition) is 3. The molecule has 0 aliphatic heterocycles. The molecule has 0 aromatic rings. The van der Waals surface area contributed by atoms with Gasteiger partial charge in [0.15, 0.2) is 0 Å². The summed E-state index contributed by atoms with van der Waals surface area (Å²) in [7, 11) is -1.98. The van der Waals surface area contributed by atoms with Crippen molar-refractivity contribution < 1.29 is 12.6 Å². The Morgan fingerprint density at radius 1 is 1.33 bits per heavy atom. The van der Waals surface area contributed by atoms with Crippen molar-refractivity contribution in [1.29, 1.82) is 0 Å². The van der Waals surface area contributed by atoms with Gasteiger partial charge in [0, 0.05) is 0 Å². The molecule has 0 aromatic carbocycles. The molecule has 0 radical (unpaired) electrons. The highest BCUT2D eigenvalue weighted by Gasteiger charge is 2.18. The molecule has 0 bridgehead atoms.